The van der Waals surface area contributed by atoms with Gasteiger partial charge in [-0.05, 0) is 42.0 Å². The van der Waals surface area contributed by atoms with Gasteiger partial charge in [0.1, 0.15) is 11.5 Å². The number of carbonyl (C=O) groups excluding carboxylic acids is 2. The number of aliphatic hydroxyl groups excluding tert-OH is 1. The van der Waals surface area contributed by atoms with Gasteiger partial charge >= 0.3 is 0 Å². The van der Waals surface area contributed by atoms with Gasteiger partial charge in [-0.3, -0.25) is 9.59 Å². The van der Waals surface area contributed by atoms with Crippen molar-refractivity contribution in [2.24, 2.45) is 0 Å². The minimum Gasteiger partial charge on any atom is -0.507 e. The maximum atomic E-state index is 13.1. The Morgan fingerprint density at radius 3 is 2.42 bits per heavy atom. The first-order valence-electron chi connectivity index (χ1n) is 11.4. The van der Waals surface area contributed by atoms with Gasteiger partial charge in [-0.2, -0.15) is 4.31 Å². The standard InChI is InChI=1S/C25H28N2O8S/c1-33-13-12-27-22(18-4-3-5-19(16-18)34-2)21(24(29)25(27)30)23(28)17-6-8-20(9-7-17)36(31,32)26-10-14-35-15-11-26/h3-9,16,22,28H,10-15H2,1-2H3/t22-/m1/s1. The monoisotopic (exact) mass is 516 g/mol. The molecule has 192 valence electrons. The summed E-state index contributed by atoms with van der Waals surface area (Å²) in [5, 5.41) is 11.2. The summed E-state index contributed by atoms with van der Waals surface area (Å²) in [4.78, 5) is 27.4. The molecule has 0 bridgehead atoms. The molecule has 1 amide bonds. The van der Waals surface area contributed by atoms with Crippen molar-refractivity contribution in [3.8, 4) is 5.75 Å². The van der Waals surface area contributed by atoms with Crippen molar-refractivity contribution in [3.63, 3.8) is 0 Å². The molecule has 2 saturated heterocycles. The number of methoxy groups -OCH3 is 2. The maximum Gasteiger partial charge on any atom is 0.295 e. The number of rotatable bonds is 8. The number of amides is 1. The number of aliphatic hydroxyl groups is 1. The average Bonchev–Trinajstić information content (AvgIpc) is 3.17. The Morgan fingerprint density at radius 2 is 1.78 bits per heavy atom. The molecule has 2 fully saturated rings. The smallest absolute Gasteiger partial charge is 0.295 e. The van der Waals surface area contributed by atoms with Crippen LogP contribution in [0.5, 0.6) is 5.75 Å². The summed E-state index contributed by atoms with van der Waals surface area (Å²) >= 11 is 0. The molecule has 2 aromatic carbocycles. The quantitative estimate of drug-likeness (QED) is 0.320. The van der Waals surface area contributed by atoms with Gasteiger partial charge < -0.3 is 24.2 Å². The molecule has 1 atom stereocenters. The van der Waals surface area contributed by atoms with Gasteiger partial charge in [-0.25, -0.2) is 8.42 Å². The molecule has 2 aromatic rings. The number of hydrogen-bond donors (Lipinski definition) is 1. The number of morpholine rings is 1. The first-order chi connectivity index (χ1) is 17.3. The first-order valence-corrected chi connectivity index (χ1v) is 12.8. The fourth-order valence-electron chi connectivity index (χ4n) is 4.33. The molecule has 1 N–H and O–H groups in total. The number of carbonyl (C=O) groups is 2. The highest BCUT2D eigenvalue weighted by Crippen LogP contribution is 2.40. The second-order valence-corrected chi connectivity index (χ2v) is 10.2. The van der Waals surface area contributed by atoms with Crippen molar-refractivity contribution >= 4 is 27.5 Å². The van der Waals surface area contributed by atoms with Crippen LogP contribution in [0.2, 0.25) is 0 Å². The Kier molecular flexibility index (Phi) is 7.74. The second kappa shape index (κ2) is 10.8. The molecule has 0 radical (unpaired) electrons. The molecule has 4 rings (SSSR count). The summed E-state index contributed by atoms with van der Waals surface area (Å²) in [5.74, 6) is -1.45. The average molecular weight is 517 g/mol. The predicted octanol–water partition coefficient (Wildman–Crippen LogP) is 1.78. The van der Waals surface area contributed by atoms with Crippen molar-refractivity contribution in [2.75, 3.05) is 53.7 Å². The Bertz CT molecular complexity index is 1270. The summed E-state index contributed by atoms with van der Waals surface area (Å²) in [6, 6.07) is 11.6. The number of sulfonamides is 1. The van der Waals surface area contributed by atoms with Crippen LogP contribution in [-0.4, -0.2) is 88.1 Å². The van der Waals surface area contributed by atoms with E-state index in [0.717, 1.165) is 0 Å². The number of hydrogen-bond acceptors (Lipinski definition) is 8. The van der Waals surface area contributed by atoms with Crippen LogP contribution in [0, 0.1) is 0 Å². The zero-order valence-corrected chi connectivity index (χ0v) is 20.9. The molecular weight excluding hydrogens is 488 g/mol. The Balaban J connectivity index is 1.74. The van der Waals surface area contributed by atoms with Crippen molar-refractivity contribution in [1.29, 1.82) is 0 Å². The summed E-state index contributed by atoms with van der Waals surface area (Å²) in [6.45, 7) is 1.50. The van der Waals surface area contributed by atoms with Gasteiger partial charge in [0, 0.05) is 32.3 Å². The van der Waals surface area contributed by atoms with Gasteiger partial charge in [0.05, 0.1) is 43.4 Å². The molecule has 0 unspecified atom stereocenters. The van der Waals surface area contributed by atoms with Crippen LogP contribution < -0.4 is 4.74 Å². The molecule has 36 heavy (non-hydrogen) atoms. The molecule has 10 nitrogen and oxygen atoms in total. The van der Waals surface area contributed by atoms with Crippen LogP contribution in [0.25, 0.3) is 5.76 Å². The van der Waals surface area contributed by atoms with Crippen LogP contribution in [0.3, 0.4) is 0 Å². The summed E-state index contributed by atoms with van der Waals surface area (Å²) in [6.07, 6.45) is 0. The van der Waals surface area contributed by atoms with Gasteiger partial charge in [-0.15, -0.1) is 0 Å². The molecule has 11 heteroatoms. The number of benzene rings is 2. The third-order valence-electron chi connectivity index (χ3n) is 6.22. The van der Waals surface area contributed by atoms with E-state index in [9.17, 15) is 23.1 Å². The second-order valence-electron chi connectivity index (χ2n) is 8.30. The molecule has 2 heterocycles. The number of likely N-dealkylation sites (tertiary alicyclic amines) is 1. The number of ketones is 1. The predicted molar refractivity (Wildman–Crippen MR) is 130 cm³/mol. The molecule has 0 spiro atoms. The lowest BCUT2D eigenvalue weighted by atomic mass is 9.95. The van der Waals surface area contributed by atoms with Crippen LogP contribution in [0.15, 0.2) is 59.0 Å². The van der Waals surface area contributed by atoms with Crippen LogP contribution in [0.4, 0.5) is 0 Å². The van der Waals surface area contributed by atoms with E-state index >= 15 is 0 Å². The number of Topliss-reactive ketones (excluding diaryl/α,β-unsaturated/α-hetero) is 1. The zero-order valence-electron chi connectivity index (χ0n) is 20.0. The highest BCUT2D eigenvalue weighted by molar-refractivity contribution is 7.89. The Hall–Kier alpha value is -3.25. The summed E-state index contributed by atoms with van der Waals surface area (Å²) in [5.41, 5.74) is 0.708. The van der Waals surface area contributed by atoms with Gasteiger partial charge in [-0.1, -0.05) is 12.1 Å². The Labute approximate surface area is 209 Å². The highest BCUT2D eigenvalue weighted by atomic mass is 32.2. The van der Waals surface area contributed by atoms with Gasteiger partial charge in [0.15, 0.2) is 0 Å². The SMILES string of the molecule is COCCN1C(=O)C(=O)C(=C(O)c2ccc(S(=O)(=O)N3CCOCC3)cc2)[C@H]1c1cccc(OC)c1. The normalized spacial score (nSPS) is 20.6. The van der Waals surface area contributed by atoms with E-state index in [2.05, 4.69) is 0 Å². The number of ether oxygens (including phenoxy) is 3. The molecular formula is C25H28N2O8S. The third kappa shape index (κ3) is 4.87. The lowest BCUT2D eigenvalue weighted by Crippen LogP contribution is -2.40. The van der Waals surface area contributed by atoms with Gasteiger partial charge in [0.25, 0.3) is 11.7 Å². The molecule has 2 aliphatic heterocycles. The zero-order chi connectivity index (χ0) is 25.9. The lowest BCUT2D eigenvalue weighted by molar-refractivity contribution is -0.140. The van der Waals surface area contributed by atoms with Crippen LogP contribution in [-0.2, 0) is 29.1 Å². The highest BCUT2D eigenvalue weighted by Gasteiger charge is 2.46. The van der Waals surface area contributed by atoms with E-state index in [1.54, 1.807) is 24.3 Å². The first kappa shape index (κ1) is 25.8. The van der Waals surface area contributed by atoms with Crippen LogP contribution in [0.1, 0.15) is 17.2 Å². The molecule has 2 aliphatic rings. The summed E-state index contributed by atoms with van der Waals surface area (Å²) in [7, 11) is -0.728. The largest absolute Gasteiger partial charge is 0.507 e. The van der Waals surface area contributed by atoms with E-state index in [-0.39, 0.29) is 42.3 Å². The molecule has 0 aromatic heterocycles. The van der Waals surface area contributed by atoms with E-state index in [1.165, 1.54) is 47.7 Å². The van der Waals surface area contributed by atoms with E-state index in [4.69, 9.17) is 14.2 Å². The summed E-state index contributed by atoms with van der Waals surface area (Å²) < 4.78 is 42.8. The minimum absolute atomic E-state index is 0.0610. The third-order valence-corrected chi connectivity index (χ3v) is 8.13. The van der Waals surface area contributed by atoms with Crippen molar-refractivity contribution in [1.82, 2.24) is 9.21 Å². The van der Waals surface area contributed by atoms with Crippen molar-refractivity contribution in [2.45, 2.75) is 10.9 Å². The topological polar surface area (TPSA) is 123 Å². The van der Waals surface area contributed by atoms with E-state index in [1.807, 2.05) is 0 Å². The number of nitrogens with zero attached hydrogens (tertiary/aromatic N) is 2. The Morgan fingerprint density at radius 1 is 1.08 bits per heavy atom. The van der Waals surface area contributed by atoms with Crippen LogP contribution >= 0.6 is 0 Å². The minimum atomic E-state index is -3.73. The maximum absolute atomic E-state index is 13.1. The van der Waals surface area contributed by atoms with Crippen molar-refractivity contribution < 1.29 is 37.3 Å². The van der Waals surface area contributed by atoms with Crippen molar-refractivity contribution in [3.05, 3.63) is 65.2 Å². The fraction of sp³-hybridized carbons (Fsp3) is 0.360. The lowest BCUT2D eigenvalue weighted by Gasteiger charge is -2.26. The molecule has 0 aliphatic carbocycles. The molecule has 0 saturated carbocycles. The van der Waals surface area contributed by atoms with Gasteiger partial charge in [0.2, 0.25) is 10.0 Å². The fourth-order valence-corrected chi connectivity index (χ4v) is 5.74. The van der Waals surface area contributed by atoms with E-state index < -0.39 is 33.5 Å². The van der Waals surface area contributed by atoms with E-state index in [0.29, 0.717) is 24.5 Å².